The number of ether oxygens (including phenoxy) is 2. The van der Waals surface area contributed by atoms with Gasteiger partial charge in [-0.15, -0.1) is 13.2 Å². The van der Waals surface area contributed by atoms with E-state index in [2.05, 4.69) is 15.2 Å². The predicted molar refractivity (Wildman–Crippen MR) is 81.4 cm³/mol. The van der Waals surface area contributed by atoms with Crippen LogP contribution in [-0.4, -0.2) is 24.0 Å². The second-order valence-corrected chi connectivity index (χ2v) is 6.35. The van der Waals surface area contributed by atoms with Crippen LogP contribution in [0.1, 0.15) is 40.2 Å². The number of nitrogens with zero attached hydrogens (tertiary/aromatic N) is 1. The highest BCUT2D eigenvalue weighted by Gasteiger charge is 2.47. The Morgan fingerprint density at radius 3 is 2.85 bits per heavy atom. The van der Waals surface area contributed by atoms with Crippen molar-refractivity contribution in [2.24, 2.45) is 0 Å². The summed E-state index contributed by atoms with van der Waals surface area (Å²) in [6.45, 7) is 0.767. The van der Waals surface area contributed by atoms with E-state index >= 15 is 0 Å². The zero-order chi connectivity index (χ0) is 18.4. The molecule has 138 valence electrons. The predicted octanol–water partition coefficient (Wildman–Crippen LogP) is 3.07. The molecule has 1 aliphatic heterocycles. The first-order valence-electron chi connectivity index (χ1n) is 8.10. The third kappa shape index (κ3) is 3.26. The first-order valence-corrected chi connectivity index (χ1v) is 8.10. The summed E-state index contributed by atoms with van der Waals surface area (Å²) in [5.74, 6) is -0.116. The fourth-order valence-electron chi connectivity index (χ4n) is 3.08. The molecule has 6 nitrogen and oxygen atoms in total. The lowest BCUT2D eigenvalue weighted by Crippen LogP contribution is -2.35. The van der Waals surface area contributed by atoms with E-state index < -0.39 is 17.8 Å². The van der Waals surface area contributed by atoms with E-state index in [0.29, 0.717) is 42.8 Å². The second kappa shape index (κ2) is 6.01. The maximum atomic E-state index is 12.6. The summed E-state index contributed by atoms with van der Waals surface area (Å²) in [6.07, 6.45) is -2.98. The monoisotopic (exact) mass is 368 g/mol. The van der Waals surface area contributed by atoms with Gasteiger partial charge in [0.2, 0.25) is 0 Å². The number of rotatable bonds is 4. The smallest absolute Gasteiger partial charge is 0.406 e. The van der Waals surface area contributed by atoms with Gasteiger partial charge in [-0.2, -0.15) is 0 Å². The standard InChI is InChI=1S/C17H15F3N2O4/c18-17(19,20)25-11-3-1-2-10(8-11)16(5-6-16)21-15(23)14-12-9-24-7-4-13(12)26-22-14/h1-3,8H,4-7,9H2,(H,21,23). The molecule has 1 fully saturated rings. The van der Waals surface area contributed by atoms with E-state index in [4.69, 9.17) is 9.26 Å². The first kappa shape index (κ1) is 16.9. The minimum absolute atomic E-state index is 0.161. The third-order valence-corrected chi connectivity index (χ3v) is 4.53. The number of amides is 1. The zero-order valence-electron chi connectivity index (χ0n) is 13.6. The fraction of sp³-hybridized carbons (Fsp3) is 0.412. The van der Waals surface area contributed by atoms with Crippen molar-refractivity contribution >= 4 is 5.91 Å². The summed E-state index contributed by atoms with van der Waals surface area (Å²) in [7, 11) is 0. The number of hydrogen-bond donors (Lipinski definition) is 1. The van der Waals surface area contributed by atoms with Gasteiger partial charge in [-0.05, 0) is 30.5 Å². The van der Waals surface area contributed by atoms with Crippen molar-refractivity contribution in [1.82, 2.24) is 10.5 Å². The van der Waals surface area contributed by atoms with E-state index in [9.17, 15) is 18.0 Å². The molecule has 1 aromatic carbocycles. The lowest BCUT2D eigenvalue weighted by molar-refractivity contribution is -0.274. The quantitative estimate of drug-likeness (QED) is 0.898. The van der Waals surface area contributed by atoms with Crippen molar-refractivity contribution in [2.45, 2.75) is 37.8 Å². The molecule has 0 radical (unpaired) electrons. The second-order valence-electron chi connectivity index (χ2n) is 6.35. The number of fused-ring (bicyclic) bond motifs is 1. The molecule has 0 saturated heterocycles. The normalized spacial score (nSPS) is 18.1. The van der Waals surface area contributed by atoms with Gasteiger partial charge in [0, 0.05) is 6.42 Å². The van der Waals surface area contributed by atoms with Crippen molar-refractivity contribution in [3.05, 3.63) is 46.8 Å². The van der Waals surface area contributed by atoms with E-state index in [1.165, 1.54) is 18.2 Å². The van der Waals surface area contributed by atoms with Gasteiger partial charge in [-0.1, -0.05) is 17.3 Å². The number of nitrogens with one attached hydrogen (secondary N) is 1. The van der Waals surface area contributed by atoms with Gasteiger partial charge in [-0.25, -0.2) is 0 Å². The minimum Gasteiger partial charge on any atom is -0.406 e. The van der Waals surface area contributed by atoms with Crippen molar-refractivity contribution in [3.63, 3.8) is 0 Å². The zero-order valence-corrected chi connectivity index (χ0v) is 13.6. The molecule has 9 heteroatoms. The molecule has 2 aliphatic rings. The number of benzene rings is 1. The van der Waals surface area contributed by atoms with Crippen LogP contribution in [0.3, 0.4) is 0 Å². The maximum Gasteiger partial charge on any atom is 0.573 e. The highest BCUT2D eigenvalue weighted by atomic mass is 19.4. The lowest BCUT2D eigenvalue weighted by atomic mass is 10.0. The maximum absolute atomic E-state index is 12.6. The van der Waals surface area contributed by atoms with Crippen molar-refractivity contribution in [1.29, 1.82) is 0 Å². The molecule has 4 rings (SSSR count). The Morgan fingerprint density at radius 2 is 2.12 bits per heavy atom. The van der Waals surface area contributed by atoms with E-state index in [0.717, 1.165) is 0 Å². The minimum atomic E-state index is -4.77. The molecule has 26 heavy (non-hydrogen) atoms. The molecule has 0 unspecified atom stereocenters. The molecule has 1 aliphatic carbocycles. The van der Waals surface area contributed by atoms with Crippen LogP contribution < -0.4 is 10.1 Å². The highest BCUT2D eigenvalue weighted by Crippen LogP contribution is 2.46. The van der Waals surface area contributed by atoms with Crippen LogP contribution in [0.25, 0.3) is 0 Å². The molecule has 1 saturated carbocycles. The molecule has 0 spiro atoms. The van der Waals surface area contributed by atoms with Gasteiger partial charge in [0.05, 0.1) is 24.3 Å². The number of carbonyl (C=O) groups excluding carboxylic acids is 1. The van der Waals surface area contributed by atoms with Gasteiger partial charge in [0.1, 0.15) is 11.5 Å². The Morgan fingerprint density at radius 1 is 1.31 bits per heavy atom. The number of alkyl halides is 3. The summed E-state index contributed by atoms with van der Waals surface area (Å²) in [5.41, 5.74) is 0.622. The van der Waals surface area contributed by atoms with E-state index in [1.54, 1.807) is 6.07 Å². The van der Waals surface area contributed by atoms with Gasteiger partial charge in [-0.3, -0.25) is 4.79 Å². The third-order valence-electron chi connectivity index (χ3n) is 4.53. The van der Waals surface area contributed by atoms with Crippen LogP contribution in [0.5, 0.6) is 5.75 Å². The molecule has 1 aromatic heterocycles. The number of aromatic nitrogens is 1. The average molecular weight is 368 g/mol. The Labute approximate surface area is 146 Å². The molecule has 2 heterocycles. The first-order chi connectivity index (χ1) is 12.4. The van der Waals surface area contributed by atoms with Crippen molar-refractivity contribution in [2.75, 3.05) is 6.61 Å². The van der Waals surface area contributed by atoms with Crippen LogP contribution in [0.2, 0.25) is 0 Å². The Hall–Kier alpha value is -2.55. The fourth-order valence-corrected chi connectivity index (χ4v) is 3.08. The van der Waals surface area contributed by atoms with Crippen LogP contribution in [0.4, 0.5) is 13.2 Å². The van der Waals surface area contributed by atoms with E-state index in [1.807, 2.05) is 0 Å². The largest absolute Gasteiger partial charge is 0.573 e. The SMILES string of the molecule is O=C(NC1(c2cccc(OC(F)(F)F)c2)CC1)c1noc2c1COCC2. The number of carbonyl (C=O) groups is 1. The summed E-state index contributed by atoms with van der Waals surface area (Å²) >= 11 is 0. The van der Waals surface area contributed by atoms with Gasteiger partial charge in [0.25, 0.3) is 5.91 Å². The number of halogens is 3. The Kier molecular flexibility index (Phi) is 3.91. The van der Waals surface area contributed by atoms with Gasteiger partial charge < -0.3 is 19.3 Å². The molecular weight excluding hydrogens is 353 g/mol. The molecule has 2 aromatic rings. The lowest BCUT2D eigenvalue weighted by Gasteiger charge is -2.19. The summed E-state index contributed by atoms with van der Waals surface area (Å²) in [5, 5.41) is 6.70. The average Bonchev–Trinajstić information content (AvgIpc) is 3.23. The van der Waals surface area contributed by atoms with Crippen molar-refractivity contribution < 1.29 is 32.0 Å². The summed E-state index contributed by atoms with van der Waals surface area (Å²) in [4.78, 5) is 12.6. The molecular formula is C17H15F3N2O4. The Bertz CT molecular complexity index is 843. The Balaban J connectivity index is 1.54. The summed E-state index contributed by atoms with van der Waals surface area (Å²) < 4.78 is 51.7. The topological polar surface area (TPSA) is 73.6 Å². The van der Waals surface area contributed by atoms with E-state index in [-0.39, 0.29) is 18.1 Å². The molecule has 0 bridgehead atoms. The molecule has 0 atom stereocenters. The number of hydrogen-bond acceptors (Lipinski definition) is 5. The molecule has 1 amide bonds. The van der Waals surface area contributed by atoms with Crippen LogP contribution in [0, 0.1) is 0 Å². The van der Waals surface area contributed by atoms with Gasteiger partial charge >= 0.3 is 6.36 Å². The molecule has 1 N–H and O–H groups in total. The summed E-state index contributed by atoms with van der Waals surface area (Å²) in [6, 6.07) is 5.65. The highest BCUT2D eigenvalue weighted by molar-refractivity contribution is 5.94. The van der Waals surface area contributed by atoms with Crippen LogP contribution >= 0.6 is 0 Å². The van der Waals surface area contributed by atoms with Crippen LogP contribution in [-0.2, 0) is 23.3 Å². The van der Waals surface area contributed by atoms with Crippen LogP contribution in [0.15, 0.2) is 28.8 Å². The van der Waals surface area contributed by atoms with Crippen molar-refractivity contribution in [3.8, 4) is 5.75 Å². The van der Waals surface area contributed by atoms with Gasteiger partial charge in [0.15, 0.2) is 5.69 Å².